The van der Waals surface area contributed by atoms with Crippen molar-refractivity contribution in [3.63, 3.8) is 0 Å². The van der Waals surface area contributed by atoms with Crippen molar-refractivity contribution < 1.29 is 14.3 Å². The third-order valence-electron chi connectivity index (χ3n) is 4.60. The van der Waals surface area contributed by atoms with Crippen molar-refractivity contribution in [2.75, 3.05) is 11.4 Å². The summed E-state index contributed by atoms with van der Waals surface area (Å²) in [7, 11) is 0. The molecule has 27 heavy (non-hydrogen) atoms. The van der Waals surface area contributed by atoms with E-state index in [0.29, 0.717) is 18.8 Å². The molecule has 1 unspecified atom stereocenters. The largest absolute Gasteiger partial charge is 0.489 e. The molecule has 0 bridgehead atoms. The first-order chi connectivity index (χ1) is 12.9. The van der Waals surface area contributed by atoms with Gasteiger partial charge in [0.15, 0.2) is 0 Å². The maximum Gasteiger partial charge on any atom is 0.227 e. The Labute approximate surface area is 160 Å². The minimum atomic E-state index is -0.352. The van der Waals surface area contributed by atoms with Gasteiger partial charge in [0.2, 0.25) is 11.8 Å². The van der Waals surface area contributed by atoms with Gasteiger partial charge in [0.25, 0.3) is 0 Å². The number of rotatable bonds is 6. The third-order valence-corrected chi connectivity index (χ3v) is 4.60. The quantitative estimate of drug-likeness (QED) is 0.852. The number of nitrogens with one attached hydrogen (secondary N) is 1. The maximum absolute atomic E-state index is 12.5. The van der Waals surface area contributed by atoms with Crippen molar-refractivity contribution in [1.29, 1.82) is 0 Å². The molecule has 0 saturated carbocycles. The number of amides is 2. The molecule has 1 saturated heterocycles. The van der Waals surface area contributed by atoms with Gasteiger partial charge in [-0.1, -0.05) is 42.0 Å². The van der Waals surface area contributed by atoms with Crippen LogP contribution in [0.4, 0.5) is 5.69 Å². The Morgan fingerprint density at radius 1 is 1.19 bits per heavy atom. The molecule has 142 valence electrons. The van der Waals surface area contributed by atoms with Crippen LogP contribution in [0.2, 0.25) is 0 Å². The fourth-order valence-electron chi connectivity index (χ4n) is 3.19. The van der Waals surface area contributed by atoms with Crippen LogP contribution < -0.4 is 15.0 Å². The van der Waals surface area contributed by atoms with E-state index in [0.717, 1.165) is 11.3 Å². The summed E-state index contributed by atoms with van der Waals surface area (Å²) in [4.78, 5) is 26.7. The Morgan fingerprint density at radius 2 is 1.89 bits per heavy atom. The van der Waals surface area contributed by atoms with Crippen LogP contribution in [-0.2, 0) is 16.1 Å². The predicted molar refractivity (Wildman–Crippen MR) is 106 cm³/mol. The van der Waals surface area contributed by atoms with Gasteiger partial charge in [-0.3, -0.25) is 9.59 Å². The standard InChI is InChI=1S/C22H26N2O3/c1-15(2)27-20-7-5-4-6-19(20)24-14-18(12-21(24)25)22(26)23-13-17-10-8-16(3)9-11-17/h4-11,15,18H,12-14H2,1-3H3,(H,23,26). The number of carbonyl (C=O) groups excluding carboxylic acids is 2. The van der Waals surface area contributed by atoms with Crippen molar-refractivity contribution in [1.82, 2.24) is 5.32 Å². The molecule has 1 fully saturated rings. The van der Waals surface area contributed by atoms with Gasteiger partial charge >= 0.3 is 0 Å². The van der Waals surface area contributed by atoms with E-state index < -0.39 is 0 Å². The Kier molecular flexibility index (Phi) is 5.79. The molecule has 1 aliphatic rings. The summed E-state index contributed by atoms with van der Waals surface area (Å²) in [6.45, 7) is 6.77. The normalized spacial score (nSPS) is 16.7. The van der Waals surface area contributed by atoms with Crippen molar-refractivity contribution in [2.24, 2.45) is 5.92 Å². The minimum Gasteiger partial charge on any atom is -0.489 e. The van der Waals surface area contributed by atoms with Crippen molar-refractivity contribution in [3.8, 4) is 5.75 Å². The van der Waals surface area contributed by atoms with Crippen LogP contribution in [0.1, 0.15) is 31.4 Å². The summed E-state index contributed by atoms with van der Waals surface area (Å²) in [5.41, 5.74) is 2.96. The fourth-order valence-corrected chi connectivity index (χ4v) is 3.19. The first-order valence-corrected chi connectivity index (χ1v) is 9.33. The van der Waals surface area contributed by atoms with E-state index in [4.69, 9.17) is 4.74 Å². The molecule has 3 rings (SSSR count). The van der Waals surface area contributed by atoms with Crippen molar-refractivity contribution >= 4 is 17.5 Å². The van der Waals surface area contributed by atoms with E-state index in [1.54, 1.807) is 4.90 Å². The van der Waals surface area contributed by atoms with Gasteiger partial charge in [0.05, 0.1) is 17.7 Å². The molecule has 5 nitrogen and oxygen atoms in total. The van der Waals surface area contributed by atoms with Crippen molar-refractivity contribution in [3.05, 3.63) is 59.7 Å². The Balaban J connectivity index is 1.65. The monoisotopic (exact) mass is 366 g/mol. The fraction of sp³-hybridized carbons (Fsp3) is 0.364. The van der Waals surface area contributed by atoms with Gasteiger partial charge < -0.3 is 15.0 Å². The van der Waals surface area contributed by atoms with E-state index in [2.05, 4.69) is 5.32 Å². The number of anilines is 1. The molecule has 1 heterocycles. The molecular weight excluding hydrogens is 340 g/mol. The molecule has 1 aliphatic heterocycles. The molecule has 2 aromatic rings. The van der Waals surface area contributed by atoms with Gasteiger partial charge in [0, 0.05) is 19.5 Å². The highest BCUT2D eigenvalue weighted by Crippen LogP contribution is 2.33. The zero-order valence-electron chi connectivity index (χ0n) is 16.1. The summed E-state index contributed by atoms with van der Waals surface area (Å²) in [5.74, 6) is 0.176. The number of para-hydroxylation sites is 2. The molecule has 0 aliphatic carbocycles. The van der Waals surface area contributed by atoms with Crippen LogP contribution in [0.15, 0.2) is 48.5 Å². The zero-order valence-corrected chi connectivity index (χ0v) is 16.1. The molecule has 0 spiro atoms. The second-order valence-electron chi connectivity index (χ2n) is 7.24. The van der Waals surface area contributed by atoms with Gasteiger partial charge in [-0.25, -0.2) is 0 Å². The molecule has 1 atom stereocenters. The Hall–Kier alpha value is -2.82. The number of carbonyl (C=O) groups is 2. The number of aryl methyl sites for hydroxylation is 1. The van der Waals surface area contributed by atoms with Gasteiger partial charge in [-0.05, 0) is 38.5 Å². The second-order valence-corrected chi connectivity index (χ2v) is 7.24. The van der Waals surface area contributed by atoms with Crippen LogP contribution in [0.25, 0.3) is 0 Å². The third kappa shape index (κ3) is 4.67. The average Bonchev–Trinajstić information content (AvgIpc) is 3.03. The molecule has 0 aromatic heterocycles. The van der Waals surface area contributed by atoms with Gasteiger partial charge in [-0.2, -0.15) is 0 Å². The SMILES string of the molecule is Cc1ccc(CNC(=O)C2CC(=O)N(c3ccccc3OC(C)C)C2)cc1. The summed E-state index contributed by atoms with van der Waals surface area (Å²) < 4.78 is 5.82. The number of ether oxygens (including phenoxy) is 1. The first-order valence-electron chi connectivity index (χ1n) is 9.33. The molecular formula is C22H26N2O3. The number of hydrogen-bond acceptors (Lipinski definition) is 3. The lowest BCUT2D eigenvalue weighted by atomic mass is 10.1. The van der Waals surface area contributed by atoms with Crippen LogP contribution in [0.5, 0.6) is 5.75 Å². The molecule has 2 aromatic carbocycles. The van der Waals surface area contributed by atoms with E-state index in [1.165, 1.54) is 5.56 Å². The second kappa shape index (κ2) is 8.25. The molecule has 5 heteroatoms. The highest BCUT2D eigenvalue weighted by atomic mass is 16.5. The summed E-state index contributed by atoms with van der Waals surface area (Å²) in [5, 5.41) is 2.95. The van der Waals surface area contributed by atoms with E-state index in [-0.39, 0.29) is 30.3 Å². The molecule has 1 N–H and O–H groups in total. The Morgan fingerprint density at radius 3 is 2.59 bits per heavy atom. The topological polar surface area (TPSA) is 58.6 Å². The Bertz CT molecular complexity index is 815. The lowest BCUT2D eigenvalue weighted by molar-refractivity contribution is -0.126. The van der Waals surface area contributed by atoms with E-state index >= 15 is 0 Å². The highest BCUT2D eigenvalue weighted by molar-refractivity contribution is 6.01. The summed E-state index contributed by atoms with van der Waals surface area (Å²) in [6, 6.07) is 15.5. The van der Waals surface area contributed by atoms with Crippen LogP contribution in [-0.4, -0.2) is 24.5 Å². The van der Waals surface area contributed by atoms with Crippen LogP contribution in [0.3, 0.4) is 0 Å². The van der Waals surface area contributed by atoms with Gasteiger partial charge in [0.1, 0.15) is 5.75 Å². The molecule has 2 amide bonds. The van der Waals surface area contributed by atoms with Crippen molar-refractivity contribution in [2.45, 2.75) is 39.8 Å². The van der Waals surface area contributed by atoms with Crippen LogP contribution in [0, 0.1) is 12.8 Å². The van der Waals surface area contributed by atoms with Gasteiger partial charge in [-0.15, -0.1) is 0 Å². The first kappa shape index (κ1) is 19.0. The minimum absolute atomic E-state index is 0.0115. The molecule has 0 radical (unpaired) electrons. The van der Waals surface area contributed by atoms with E-state index in [1.807, 2.05) is 69.3 Å². The highest BCUT2D eigenvalue weighted by Gasteiger charge is 2.36. The lowest BCUT2D eigenvalue weighted by Crippen LogP contribution is -2.32. The predicted octanol–water partition coefficient (Wildman–Crippen LogP) is 3.45. The summed E-state index contributed by atoms with van der Waals surface area (Å²) in [6.07, 6.45) is 0.230. The number of nitrogens with zero attached hydrogens (tertiary/aromatic N) is 1. The van der Waals surface area contributed by atoms with Crippen LogP contribution >= 0.6 is 0 Å². The average molecular weight is 366 g/mol. The smallest absolute Gasteiger partial charge is 0.227 e. The lowest BCUT2D eigenvalue weighted by Gasteiger charge is -2.21. The summed E-state index contributed by atoms with van der Waals surface area (Å²) >= 11 is 0. The van der Waals surface area contributed by atoms with E-state index in [9.17, 15) is 9.59 Å². The zero-order chi connectivity index (χ0) is 19.4. The maximum atomic E-state index is 12.5. The number of benzene rings is 2. The number of hydrogen-bond donors (Lipinski definition) is 1.